The van der Waals surface area contributed by atoms with Crippen LogP contribution in [0, 0.1) is 5.92 Å². The summed E-state index contributed by atoms with van der Waals surface area (Å²) in [5, 5.41) is 0. The number of carbonyl (C=O) groups excluding carboxylic acids is 1. The van der Waals surface area contributed by atoms with Gasteiger partial charge in [-0.3, -0.25) is 0 Å². The number of ether oxygens (including phenoxy) is 2. The van der Waals surface area contributed by atoms with E-state index < -0.39 is 5.60 Å². The highest BCUT2D eigenvalue weighted by atomic mass is 16.6. The van der Waals surface area contributed by atoms with Crippen LogP contribution < -0.4 is 5.73 Å². The highest BCUT2D eigenvalue weighted by molar-refractivity contribution is 5.68. The summed E-state index contributed by atoms with van der Waals surface area (Å²) in [5.41, 5.74) is 9.06. The van der Waals surface area contributed by atoms with Gasteiger partial charge in [-0.2, -0.15) is 0 Å². The minimum absolute atomic E-state index is 0.104. The van der Waals surface area contributed by atoms with Gasteiger partial charge in [-0.1, -0.05) is 5.57 Å². The quantitative estimate of drug-likeness (QED) is 0.802. The number of hydrogen-bond acceptors (Lipinski definition) is 4. The van der Waals surface area contributed by atoms with Crippen molar-refractivity contribution in [1.82, 2.24) is 4.90 Å². The third-order valence-electron chi connectivity index (χ3n) is 4.67. The van der Waals surface area contributed by atoms with Gasteiger partial charge in [-0.05, 0) is 84.4 Å². The monoisotopic (exact) mass is 362 g/mol. The fourth-order valence-electron chi connectivity index (χ4n) is 3.47. The number of amides is 1. The summed E-state index contributed by atoms with van der Waals surface area (Å²) in [4.78, 5) is 14.1. The molecule has 1 amide bonds. The van der Waals surface area contributed by atoms with E-state index in [1.54, 1.807) is 0 Å². The fourth-order valence-corrected chi connectivity index (χ4v) is 3.47. The van der Waals surface area contributed by atoms with Crippen LogP contribution in [0.15, 0.2) is 34.8 Å². The molecule has 1 aliphatic heterocycles. The van der Waals surface area contributed by atoms with Crippen molar-refractivity contribution < 1.29 is 14.3 Å². The predicted octanol–water partition coefficient (Wildman–Crippen LogP) is 4.51. The van der Waals surface area contributed by atoms with E-state index in [2.05, 4.69) is 13.0 Å². The average molecular weight is 363 g/mol. The first kappa shape index (κ1) is 20.4. The third-order valence-corrected chi connectivity index (χ3v) is 4.67. The molecular weight excluding hydrogens is 328 g/mol. The van der Waals surface area contributed by atoms with E-state index in [9.17, 15) is 4.79 Å². The summed E-state index contributed by atoms with van der Waals surface area (Å²) in [6.07, 6.45) is 6.77. The van der Waals surface area contributed by atoms with Crippen LogP contribution in [0.2, 0.25) is 0 Å². The van der Waals surface area contributed by atoms with Crippen LogP contribution in [0.1, 0.15) is 60.8 Å². The fraction of sp³-hybridized carbons (Fsp3) is 0.667. The number of nitrogens with zero attached hydrogens (tertiary/aromatic N) is 1. The maximum atomic E-state index is 12.2. The van der Waals surface area contributed by atoms with Gasteiger partial charge in [0.2, 0.25) is 0 Å². The Bertz CT molecular complexity index is 616. The van der Waals surface area contributed by atoms with Crippen molar-refractivity contribution in [3.05, 3.63) is 34.8 Å². The van der Waals surface area contributed by atoms with Crippen molar-refractivity contribution in [2.24, 2.45) is 11.7 Å². The average Bonchev–Trinajstić information content (AvgIpc) is 2.64. The van der Waals surface area contributed by atoms with Gasteiger partial charge in [-0.25, -0.2) is 4.79 Å². The third kappa shape index (κ3) is 5.55. The Kier molecular flexibility index (Phi) is 6.43. The first-order valence-electron chi connectivity index (χ1n) is 9.58. The van der Waals surface area contributed by atoms with Crippen LogP contribution >= 0.6 is 0 Å². The van der Waals surface area contributed by atoms with Gasteiger partial charge in [0.25, 0.3) is 0 Å². The Morgan fingerprint density at radius 1 is 1.27 bits per heavy atom. The van der Waals surface area contributed by atoms with Crippen molar-refractivity contribution in [3.63, 3.8) is 0 Å². The summed E-state index contributed by atoms with van der Waals surface area (Å²) in [6, 6.07) is 0. The van der Waals surface area contributed by atoms with Crippen molar-refractivity contribution >= 4 is 6.09 Å². The normalized spacial score (nSPS) is 19.9. The molecule has 5 heteroatoms. The Balaban J connectivity index is 2.01. The highest BCUT2D eigenvalue weighted by Crippen LogP contribution is 2.33. The first-order chi connectivity index (χ1) is 12.1. The lowest BCUT2D eigenvalue weighted by Gasteiger charge is -2.34. The summed E-state index contributed by atoms with van der Waals surface area (Å²) in [7, 11) is 0. The highest BCUT2D eigenvalue weighted by Gasteiger charge is 2.29. The molecule has 0 saturated carbocycles. The molecule has 0 aromatic heterocycles. The van der Waals surface area contributed by atoms with Crippen LogP contribution in [0.25, 0.3) is 0 Å². The number of rotatable bonds is 3. The second kappa shape index (κ2) is 8.19. The second-order valence-electron chi connectivity index (χ2n) is 8.49. The van der Waals surface area contributed by atoms with Gasteiger partial charge >= 0.3 is 6.09 Å². The number of allylic oxidation sites excluding steroid dienone is 4. The summed E-state index contributed by atoms with van der Waals surface area (Å²) >= 11 is 0. The number of likely N-dealkylation sites (tertiary alicyclic amines) is 1. The Labute approximate surface area is 157 Å². The second-order valence-corrected chi connectivity index (χ2v) is 8.49. The van der Waals surface area contributed by atoms with E-state index in [-0.39, 0.29) is 12.2 Å². The largest absolute Gasteiger partial charge is 0.489 e. The lowest BCUT2D eigenvalue weighted by atomic mass is 9.85. The Hall–Kier alpha value is -1.91. The van der Waals surface area contributed by atoms with Crippen LogP contribution in [0.5, 0.6) is 0 Å². The van der Waals surface area contributed by atoms with Crippen molar-refractivity contribution in [2.45, 2.75) is 72.5 Å². The lowest BCUT2D eigenvalue weighted by molar-refractivity contribution is 0.0194. The number of nitrogens with two attached hydrogens (primary N) is 1. The number of hydrogen-bond donors (Lipinski definition) is 1. The molecule has 146 valence electrons. The van der Waals surface area contributed by atoms with E-state index in [0.29, 0.717) is 11.6 Å². The van der Waals surface area contributed by atoms with Gasteiger partial charge in [-0.15, -0.1) is 0 Å². The first-order valence-corrected chi connectivity index (χ1v) is 9.58. The zero-order chi connectivity index (χ0) is 19.5. The van der Waals surface area contributed by atoms with Crippen molar-refractivity contribution in [2.75, 3.05) is 13.1 Å². The van der Waals surface area contributed by atoms with E-state index in [1.165, 1.54) is 11.1 Å². The lowest BCUT2D eigenvalue weighted by Crippen LogP contribution is -2.42. The molecule has 0 atom stereocenters. The van der Waals surface area contributed by atoms with Gasteiger partial charge in [0, 0.05) is 13.1 Å². The SMILES string of the molecule is CC1=C(C2CCN(C(=O)OC(C)(C)C)CC2)CC=C(OC(C)C)C(N)=C1. The molecule has 0 bridgehead atoms. The maximum absolute atomic E-state index is 12.2. The molecule has 5 nitrogen and oxygen atoms in total. The standard InChI is InChI=1S/C21H34N2O3/c1-14(2)25-19-8-7-17(15(3)13-18(19)22)16-9-11-23(12-10-16)20(24)26-21(4,5)6/h8,13-14,16H,7,9-12,22H2,1-6H3. The molecule has 1 fully saturated rings. The topological polar surface area (TPSA) is 64.8 Å². The Morgan fingerprint density at radius 3 is 2.42 bits per heavy atom. The molecule has 0 radical (unpaired) electrons. The zero-order valence-electron chi connectivity index (χ0n) is 17.1. The van der Waals surface area contributed by atoms with Crippen molar-refractivity contribution in [1.29, 1.82) is 0 Å². The minimum Gasteiger partial charge on any atom is -0.489 e. The molecule has 2 aliphatic rings. The summed E-state index contributed by atoms with van der Waals surface area (Å²) < 4.78 is 11.3. The molecule has 26 heavy (non-hydrogen) atoms. The molecule has 2 rings (SSSR count). The predicted molar refractivity (Wildman–Crippen MR) is 104 cm³/mol. The summed E-state index contributed by atoms with van der Waals surface area (Å²) in [5.74, 6) is 1.24. The molecule has 2 N–H and O–H groups in total. The van der Waals surface area contributed by atoms with Crippen LogP contribution in [-0.4, -0.2) is 35.8 Å². The molecule has 0 unspecified atom stereocenters. The number of carbonyl (C=O) groups is 1. The number of piperidine rings is 1. The maximum Gasteiger partial charge on any atom is 0.410 e. The molecule has 0 spiro atoms. The minimum atomic E-state index is -0.450. The van der Waals surface area contributed by atoms with E-state index in [1.807, 2.05) is 45.6 Å². The summed E-state index contributed by atoms with van der Waals surface area (Å²) in [6.45, 7) is 13.3. The van der Waals surface area contributed by atoms with Crippen LogP contribution in [0.4, 0.5) is 4.79 Å². The molecule has 1 saturated heterocycles. The van der Waals surface area contributed by atoms with Gasteiger partial charge in [0.05, 0.1) is 11.8 Å². The molecule has 0 aromatic rings. The molecule has 0 aromatic carbocycles. The van der Waals surface area contributed by atoms with Gasteiger partial charge in [0.15, 0.2) is 0 Å². The van der Waals surface area contributed by atoms with Crippen molar-refractivity contribution in [3.8, 4) is 0 Å². The van der Waals surface area contributed by atoms with E-state index in [0.717, 1.165) is 38.1 Å². The molecule has 1 heterocycles. The molecular formula is C21H34N2O3. The Morgan fingerprint density at radius 2 is 1.88 bits per heavy atom. The van der Waals surface area contributed by atoms with Gasteiger partial charge < -0.3 is 20.1 Å². The zero-order valence-corrected chi connectivity index (χ0v) is 17.1. The van der Waals surface area contributed by atoms with Crippen LogP contribution in [-0.2, 0) is 9.47 Å². The smallest absolute Gasteiger partial charge is 0.410 e. The van der Waals surface area contributed by atoms with E-state index in [4.69, 9.17) is 15.2 Å². The van der Waals surface area contributed by atoms with Crippen LogP contribution in [0.3, 0.4) is 0 Å². The van der Waals surface area contributed by atoms with E-state index >= 15 is 0 Å². The van der Waals surface area contributed by atoms with Gasteiger partial charge in [0.1, 0.15) is 11.4 Å². The molecule has 1 aliphatic carbocycles.